The number of fused-ring (bicyclic) bond motifs is 1. The third-order valence-corrected chi connectivity index (χ3v) is 4.75. The molecule has 26 heavy (non-hydrogen) atoms. The number of hydrogen-bond donors (Lipinski definition) is 3. The van der Waals surface area contributed by atoms with Crippen LogP contribution in [0.4, 0.5) is 5.69 Å². The van der Waals surface area contributed by atoms with Crippen molar-refractivity contribution in [3.8, 4) is 0 Å². The fraction of sp³-hybridized carbons (Fsp3) is 0.286. The number of carbonyl (C=O) groups is 1. The first-order valence-electron chi connectivity index (χ1n) is 9.07. The molecule has 1 fully saturated rings. The van der Waals surface area contributed by atoms with Crippen LogP contribution in [0.2, 0.25) is 0 Å². The summed E-state index contributed by atoms with van der Waals surface area (Å²) in [7, 11) is 0. The largest absolute Gasteiger partial charge is 0.368 e. The van der Waals surface area contributed by atoms with E-state index in [0.29, 0.717) is 6.61 Å². The van der Waals surface area contributed by atoms with E-state index in [4.69, 9.17) is 4.74 Å². The molecule has 1 saturated heterocycles. The summed E-state index contributed by atoms with van der Waals surface area (Å²) in [5.74, 6) is -0.0493. The monoisotopic (exact) mass is 349 g/mol. The highest BCUT2D eigenvalue weighted by atomic mass is 16.5. The molecule has 4 rings (SSSR count). The molecule has 1 aromatic heterocycles. The van der Waals surface area contributed by atoms with Crippen molar-refractivity contribution in [2.45, 2.75) is 32.0 Å². The highest BCUT2D eigenvalue weighted by molar-refractivity contribution is 5.94. The van der Waals surface area contributed by atoms with Crippen molar-refractivity contribution in [3.63, 3.8) is 0 Å². The number of nitrogens with one attached hydrogen (secondary N) is 3. The van der Waals surface area contributed by atoms with Gasteiger partial charge in [-0.05, 0) is 48.2 Å². The Kier molecular flexibility index (Phi) is 5.00. The van der Waals surface area contributed by atoms with Crippen molar-refractivity contribution in [1.29, 1.82) is 0 Å². The first-order chi connectivity index (χ1) is 12.8. The Morgan fingerprint density at radius 3 is 2.96 bits per heavy atom. The molecule has 3 aromatic rings. The molecule has 1 amide bonds. The Morgan fingerprint density at radius 2 is 2.08 bits per heavy atom. The Bertz CT molecular complexity index is 897. The predicted molar refractivity (Wildman–Crippen MR) is 103 cm³/mol. The zero-order valence-electron chi connectivity index (χ0n) is 14.6. The summed E-state index contributed by atoms with van der Waals surface area (Å²) in [6, 6.07) is 16.3. The van der Waals surface area contributed by atoms with Gasteiger partial charge in [0.1, 0.15) is 6.10 Å². The van der Waals surface area contributed by atoms with Gasteiger partial charge in [-0.1, -0.05) is 24.3 Å². The van der Waals surface area contributed by atoms with Gasteiger partial charge in [-0.25, -0.2) is 0 Å². The highest BCUT2D eigenvalue weighted by Crippen LogP contribution is 2.18. The van der Waals surface area contributed by atoms with E-state index in [0.717, 1.165) is 42.7 Å². The van der Waals surface area contributed by atoms with E-state index >= 15 is 0 Å². The minimum Gasteiger partial charge on any atom is -0.368 e. The maximum absolute atomic E-state index is 12.2. The number of aromatic nitrogens is 1. The highest BCUT2D eigenvalue weighted by Gasteiger charge is 2.23. The second kappa shape index (κ2) is 7.72. The average molecular weight is 349 g/mol. The lowest BCUT2D eigenvalue weighted by atomic mass is 10.1. The summed E-state index contributed by atoms with van der Waals surface area (Å²) in [6.07, 6.45) is 3.42. The Balaban J connectivity index is 1.35. The number of anilines is 1. The van der Waals surface area contributed by atoms with Crippen LogP contribution >= 0.6 is 0 Å². The summed E-state index contributed by atoms with van der Waals surface area (Å²) >= 11 is 0. The van der Waals surface area contributed by atoms with Gasteiger partial charge in [-0.2, -0.15) is 0 Å². The van der Waals surface area contributed by atoms with Crippen LogP contribution < -0.4 is 10.6 Å². The molecular weight excluding hydrogens is 326 g/mol. The molecule has 1 aliphatic heterocycles. The van der Waals surface area contributed by atoms with Gasteiger partial charge in [0.2, 0.25) is 0 Å². The summed E-state index contributed by atoms with van der Waals surface area (Å²) < 4.78 is 5.43. The van der Waals surface area contributed by atoms with Crippen molar-refractivity contribution in [2.24, 2.45) is 0 Å². The molecule has 5 nitrogen and oxygen atoms in total. The quantitative estimate of drug-likeness (QED) is 0.637. The minimum absolute atomic E-state index is 0.0493. The summed E-state index contributed by atoms with van der Waals surface area (Å²) in [6.45, 7) is 2.21. The van der Waals surface area contributed by atoms with Crippen LogP contribution in [0, 0.1) is 0 Å². The van der Waals surface area contributed by atoms with Gasteiger partial charge in [0.25, 0.3) is 5.91 Å². The van der Waals surface area contributed by atoms with Gasteiger partial charge >= 0.3 is 0 Å². The molecule has 0 radical (unpaired) electrons. The van der Waals surface area contributed by atoms with Gasteiger partial charge in [0.05, 0.1) is 0 Å². The number of amides is 1. The van der Waals surface area contributed by atoms with Crippen molar-refractivity contribution >= 4 is 22.5 Å². The predicted octanol–water partition coefficient (Wildman–Crippen LogP) is 3.58. The van der Waals surface area contributed by atoms with Crippen LogP contribution in [0.25, 0.3) is 10.9 Å². The number of benzene rings is 2. The third kappa shape index (κ3) is 3.79. The number of rotatable bonds is 6. The minimum atomic E-state index is -0.307. The molecule has 2 heterocycles. The second-order valence-corrected chi connectivity index (χ2v) is 6.65. The molecule has 0 spiro atoms. The maximum atomic E-state index is 12.2. The van der Waals surface area contributed by atoms with Crippen molar-refractivity contribution in [3.05, 3.63) is 65.9 Å². The molecule has 1 aliphatic rings. The van der Waals surface area contributed by atoms with E-state index < -0.39 is 0 Å². The lowest BCUT2D eigenvalue weighted by molar-refractivity contribution is -0.124. The number of ether oxygens (including phenoxy) is 1. The van der Waals surface area contributed by atoms with Crippen molar-refractivity contribution in [2.75, 3.05) is 11.9 Å². The molecule has 0 bridgehead atoms. The van der Waals surface area contributed by atoms with Crippen LogP contribution in [0.3, 0.4) is 0 Å². The summed E-state index contributed by atoms with van der Waals surface area (Å²) in [4.78, 5) is 15.4. The first kappa shape index (κ1) is 16.8. The van der Waals surface area contributed by atoms with Gasteiger partial charge in [-0.15, -0.1) is 0 Å². The smallest absolute Gasteiger partial charge is 0.253 e. The van der Waals surface area contributed by atoms with Gasteiger partial charge in [-0.3, -0.25) is 4.79 Å². The Hall–Kier alpha value is -2.63. The Labute approximate surface area is 152 Å². The second-order valence-electron chi connectivity index (χ2n) is 6.65. The molecule has 1 unspecified atom stereocenters. The van der Waals surface area contributed by atoms with E-state index in [1.807, 2.05) is 24.4 Å². The van der Waals surface area contributed by atoms with E-state index in [9.17, 15) is 4.79 Å². The van der Waals surface area contributed by atoms with Crippen LogP contribution in [0.15, 0.2) is 54.7 Å². The number of hydrogen-bond acceptors (Lipinski definition) is 3. The van der Waals surface area contributed by atoms with Gasteiger partial charge in [0.15, 0.2) is 0 Å². The van der Waals surface area contributed by atoms with Gasteiger partial charge in [0, 0.05) is 42.5 Å². The Morgan fingerprint density at radius 1 is 1.15 bits per heavy atom. The fourth-order valence-corrected chi connectivity index (χ4v) is 3.41. The molecule has 2 aromatic carbocycles. The molecular formula is C21H23N3O2. The van der Waals surface area contributed by atoms with Crippen LogP contribution in [0.1, 0.15) is 24.0 Å². The zero-order valence-corrected chi connectivity index (χ0v) is 14.6. The molecule has 1 atom stereocenters. The van der Waals surface area contributed by atoms with Crippen molar-refractivity contribution < 1.29 is 9.53 Å². The average Bonchev–Trinajstić information content (AvgIpc) is 3.34. The normalized spacial score (nSPS) is 16.8. The van der Waals surface area contributed by atoms with E-state index in [1.54, 1.807) is 0 Å². The van der Waals surface area contributed by atoms with E-state index in [-0.39, 0.29) is 12.0 Å². The lowest BCUT2D eigenvalue weighted by Crippen LogP contribution is -2.26. The fourth-order valence-electron chi connectivity index (χ4n) is 3.41. The maximum Gasteiger partial charge on any atom is 0.253 e. The molecule has 5 heteroatoms. The number of carbonyl (C=O) groups excluding carboxylic acids is 1. The van der Waals surface area contributed by atoms with Crippen LogP contribution in [-0.4, -0.2) is 23.6 Å². The third-order valence-electron chi connectivity index (χ3n) is 4.75. The lowest BCUT2D eigenvalue weighted by Gasteiger charge is -2.12. The zero-order chi connectivity index (χ0) is 17.8. The van der Waals surface area contributed by atoms with Gasteiger partial charge < -0.3 is 20.4 Å². The number of aromatic amines is 1. The molecule has 134 valence electrons. The van der Waals surface area contributed by atoms with E-state index in [1.165, 1.54) is 10.9 Å². The van der Waals surface area contributed by atoms with Crippen molar-refractivity contribution in [1.82, 2.24) is 10.3 Å². The topological polar surface area (TPSA) is 66.2 Å². The standard InChI is InChI=1S/C21H23N3O2/c25-21(20-8-3-11-26-20)24-17-6-1-4-15(12-17)13-22-14-16-5-2-7-19-18(16)9-10-23-19/h1-2,4-7,9-10,12,20,22-23H,3,8,11,13-14H2,(H,24,25). The summed E-state index contributed by atoms with van der Waals surface area (Å²) in [5, 5.41) is 7.69. The van der Waals surface area contributed by atoms with Crippen LogP contribution in [0.5, 0.6) is 0 Å². The number of H-pyrrole nitrogens is 1. The molecule has 0 saturated carbocycles. The molecule has 3 N–H and O–H groups in total. The summed E-state index contributed by atoms with van der Waals surface area (Å²) in [5.41, 5.74) is 4.38. The first-order valence-corrected chi connectivity index (χ1v) is 9.07. The molecule has 0 aliphatic carbocycles. The SMILES string of the molecule is O=C(Nc1cccc(CNCc2cccc3[nH]ccc23)c1)C1CCCO1. The van der Waals surface area contributed by atoms with E-state index in [2.05, 4.69) is 45.9 Å². The van der Waals surface area contributed by atoms with Crippen LogP contribution in [-0.2, 0) is 22.6 Å².